The van der Waals surface area contributed by atoms with E-state index in [0.29, 0.717) is 4.91 Å². The highest BCUT2D eigenvalue weighted by Gasteiger charge is 2.60. The van der Waals surface area contributed by atoms with Crippen LogP contribution in [-0.4, -0.2) is 44.1 Å². The normalized spacial score (nSPS) is 25.4. The van der Waals surface area contributed by atoms with Gasteiger partial charge in [0.2, 0.25) is 5.91 Å². The molecule has 0 radical (unpaired) electrons. The van der Waals surface area contributed by atoms with Gasteiger partial charge in [-0.05, 0) is 12.5 Å². The molecule has 1 fully saturated rings. The second-order valence-corrected chi connectivity index (χ2v) is 9.05. The number of thioether (sulfide) groups is 1. The van der Waals surface area contributed by atoms with Crippen molar-refractivity contribution < 1.29 is 19.8 Å². The van der Waals surface area contributed by atoms with Crippen molar-refractivity contribution in [2.75, 3.05) is 0 Å². The molecule has 1 amide bonds. The number of benzene rings is 1. The maximum absolute atomic E-state index is 12.4. The maximum Gasteiger partial charge on any atom is 0.353 e. The molecule has 0 aliphatic carbocycles. The lowest BCUT2D eigenvalue weighted by Gasteiger charge is -2.46. The number of carboxylic acid groups (broad SMARTS) is 1. The lowest BCUT2D eigenvalue weighted by Crippen LogP contribution is -2.63. The predicted octanol–water partition coefficient (Wildman–Crippen LogP) is 3.06. The number of β-lactam (4-membered cyclic amide) rings is 1. The number of carbonyl (C=O) groups excluding carboxylic acids is 1. The quantitative estimate of drug-likeness (QED) is 0.747. The molecule has 27 heavy (non-hydrogen) atoms. The molecule has 2 aliphatic heterocycles. The summed E-state index contributed by atoms with van der Waals surface area (Å²) in [5.41, 5.74) is 1.08. The molecule has 3 heterocycles. The number of hydrogen-bond acceptors (Lipinski definition) is 6. The number of aliphatic hydroxyl groups is 1. The summed E-state index contributed by atoms with van der Waals surface area (Å²) in [6.07, 6.45) is 0.979. The number of nitrogens with zero attached hydrogens (tertiary/aromatic N) is 2. The molecule has 0 bridgehead atoms. The second-order valence-electron chi connectivity index (χ2n) is 6.73. The fraction of sp³-hybridized carbons (Fsp3) is 0.316. The third-order valence-corrected chi connectivity index (χ3v) is 7.46. The summed E-state index contributed by atoms with van der Waals surface area (Å²) in [4.78, 5) is 31.6. The summed E-state index contributed by atoms with van der Waals surface area (Å²) in [6.45, 7) is 3.48. The summed E-state index contributed by atoms with van der Waals surface area (Å²) >= 11 is 2.80. The number of aliphatic carboxylic acids is 1. The van der Waals surface area contributed by atoms with E-state index in [0.717, 1.165) is 14.8 Å². The highest BCUT2D eigenvalue weighted by Crippen LogP contribution is 2.52. The lowest BCUT2D eigenvalue weighted by atomic mass is 9.79. The van der Waals surface area contributed by atoms with Gasteiger partial charge in [-0.25, -0.2) is 9.78 Å². The van der Waals surface area contributed by atoms with Crippen LogP contribution in [0.25, 0.3) is 10.4 Å². The van der Waals surface area contributed by atoms with Gasteiger partial charge in [-0.2, -0.15) is 0 Å². The van der Waals surface area contributed by atoms with Gasteiger partial charge in [0.1, 0.15) is 5.70 Å². The third-order valence-electron chi connectivity index (χ3n) is 5.05. The topological polar surface area (TPSA) is 90.7 Å². The van der Waals surface area contributed by atoms with Crippen LogP contribution < -0.4 is 0 Å². The molecular formula is C19H18N2O4S2. The summed E-state index contributed by atoms with van der Waals surface area (Å²) in [6, 6.07) is 9.56. The third kappa shape index (κ3) is 2.88. The molecular weight excluding hydrogens is 384 g/mol. The zero-order chi connectivity index (χ0) is 19.3. The van der Waals surface area contributed by atoms with Crippen molar-refractivity contribution in [1.29, 1.82) is 0 Å². The minimum absolute atomic E-state index is 0.0239. The molecule has 0 spiro atoms. The van der Waals surface area contributed by atoms with Gasteiger partial charge in [-0.15, -0.1) is 11.3 Å². The number of aliphatic hydroxyl groups excluding tert-OH is 1. The van der Waals surface area contributed by atoms with Crippen molar-refractivity contribution in [2.24, 2.45) is 11.8 Å². The Balaban J connectivity index is 1.64. The highest BCUT2D eigenvalue weighted by atomic mass is 32.2. The van der Waals surface area contributed by atoms with Gasteiger partial charge in [0.25, 0.3) is 0 Å². The van der Waals surface area contributed by atoms with E-state index in [1.54, 1.807) is 13.1 Å². The van der Waals surface area contributed by atoms with Crippen LogP contribution in [0.2, 0.25) is 0 Å². The Morgan fingerprint density at radius 3 is 2.67 bits per heavy atom. The summed E-state index contributed by atoms with van der Waals surface area (Å²) in [7, 11) is 0. The van der Waals surface area contributed by atoms with Gasteiger partial charge >= 0.3 is 5.97 Å². The van der Waals surface area contributed by atoms with Crippen LogP contribution in [0.3, 0.4) is 0 Å². The summed E-state index contributed by atoms with van der Waals surface area (Å²) in [5, 5.41) is 19.6. The largest absolute Gasteiger partial charge is 0.477 e. The molecule has 1 aromatic carbocycles. The zero-order valence-electron chi connectivity index (χ0n) is 14.7. The molecule has 6 nitrogen and oxygen atoms in total. The van der Waals surface area contributed by atoms with Crippen LogP contribution in [0.1, 0.15) is 13.8 Å². The second kappa shape index (κ2) is 6.78. The Morgan fingerprint density at radius 2 is 2.04 bits per heavy atom. The first-order valence-corrected chi connectivity index (χ1v) is 10.2. The monoisotopic (exact) mass is 402 g/mol. The molecule has 2 N–H and O–H groups in total. The average Bonchev–Trinajstić information content (AvgIpc) is 3.18. The fourth-order valence-corrected chi connectivity index (χ4v) is 6.05. The highest BCUT2D eigenvalue weighted by molar-refractivity contribution is 8.04. The number of fused-ring (bicyclic) bond motifs is 1. The van der Waals surface area contributed by atoms with E-state index in [2.05, 4.69) is 4.98 Å². The molecule has 1 saturated heterocycles. The Morgan fingerprint density at radius 1 is 1.33 bits per heavy atom. The van der Waals surface area contributed by atoms with Crippen LogP contribution in [0.4, 0.5) is 0 Å². The molecule has 0 unspecified atom stereocenters. The van der Waals surface area contributed by atoms with E-state index in [9.17, 15) is 19.8 Å². The van der Waals surface area contributed by atoms with Gasteiger partial charge in [-0.3, -0.25) is 4.79 Å². The molecule has 140 valence electrons. The number of aromatic nitrogens is 1. The van der Waals surface area contributed by atoms with Gasteiger partial charge in [0, 0.05) is 17.0 Å². The van der Waals surface area contributed by atoms with Crippen molar-refractivity contribution >= 4 is 35.0 Å². The van der Waals surface area contributed by atoms with Crippen molar-refractivity contribution in [1.82, 2.24) is 9.88 Å². The van der Waals surface area contributed by atoms with Crippen molar-refractivity contribution in [3.8, 4) is 10.4 Å². The van der Waals surface area contributed by atoms with Crippen LogP contribution in [-0.2, 0) is 9.59 Å². The minimum atomic E-state index is -1.12. The van der Waals surface area contributed by atoms with Crippen LogP contribution in [0.5, 0.6) is 0 Å². The minimum Gasteiger partial charge on any atom is -0.477 e. The first kappa shape index (κ1) is 18.2. The van der Waals surface area contributed by atoms with Crippen molar-refractivity contribution in [3.05, 3.63) is 47.1 Å². The van der Waals surface area contributed by atoms with Crippen molar-refractivity contribution in [3.63, 3.8) is 0 Å². The fourth-order valence-electron chi connectivity index (χ4n) is 3.79. The Bertz CT molecular complexity index is 938. The molecule has 8 heteroatoms. The van der Waals surface area contributed by atoms with Gasteiger partial charge < -0.3 is 15.1 Å². The van der Waals surface area contributed by atoms with Crippen LogP contribution in [0.15, 0.2) is 51.5 Å². The first-order chi connectivity index (χ1) is 12.9. The number of hydrogen-bond donors (Lipinski definition) is 2. The molecule has 4 rings (SSSR count). The van der Waals surface area contributed by atoms with Gasteiger partial charge in [0.05, 0.1) is 22.9 Å². The Hall–Kier alpha value is -2.16. The number of thiazole rings is 1. The van der Waals surface area contributed by atoms with E-state index in [1.807, 2.05) is 37.3 Å². The number of carbonyl (C=O) groups is 2. The van der Waals surface area contributed by atoms with Crippen LogP contribution in [0, 0.1) is 11.8 Å². The predicted molar refractivity (Wildman–Crippen MR) is 103 cm³/mol. The van der Waals surface area contributed by atoms with E-state index in [-0.39, 0.29) is 23.6 Å². The summed E-state index contributed by atoms with van der Waals surface area (Å²) < 4.78 is 0.734. The molecule has 2 aromatic rings. The molecule has 0 saturated carbocycles. The van der Waals surface area contributed by atoms with E-state index >= 15 is 0 Å². The molecule has 2 aliphatic rings. The SMILES string of the molecule is C[C@@H](O)[C@H]1C(=O)N2C(C(=O)O)=C(Sc3ncc(-c4ccccc4)s3)[C@H](C)[C@H]12. The smallest absolute Gasteiger partial charge is 0.353 e. The van der Waals surface area contributed by atoms with Gasteiger partial charge in [0.15, 0.2) is 4.34 Å². The average molecular weight is 402 g/mol. The summed E-state index contributed by atoms with van der Waals surface area (Å²) in [5.74, 6) is -2.16. The Labute approximate surface area is 164 Å². The standard InChI is InChI=1S/C19H18N2O4S2/c1-9-14-13(10(2)22)17(23)21(14)15(18(24)25)16(9)27-19-20-8-12(26-19)11-6-4-3-5-7-11/h3-10,13-14,22H,1-2H3,(H,24,25)/t9-,10-,13-,14-/m1/s1. The maximum atomic E-state index is 12.4. The first-order valence-electron chi connectivity index (χ1n) is 8.58. The van der Waals surface area contributed by atoms with E-state index in [4.69, 9.17) is 0 Å². The number of amides is 1. The van der Waals surface area contributed by atoms with Crippen molar-refractivity contribution in [2.45, 2.75) is 30.3 Å². The molecule has 1 aromatic heterocycles. The van der Waals surface area contributed by atoms with Crippen LogP contribution >= 0.6 is 23.1 Å². The number of rotatable bonds is 5. The number of carboxylic acids is 1. The van der Waals surface area contributed by atoms with Gasteiger partial charge in [-0.1, -0.05) is 49.0 Å². The Kier molecular flexibility index (Phi) is 4.57. The van der Waals surface area contributed by atoms with E-state index in [1.165, 1.54) is 28.0 Å². The zero-order valence-corrected chi connectivity index (χ0v) is 16.3. The lowest BCUT2D eigenvalue weighted by molar-refractivity contribution is -0.163. The molecule has 4 atom stereocenters. The van der Waals surface area contributed by atoms with E-state index < -0.39 is 18.0 Å².